The van der Waals surface area contributed by atoms with Crippen LogP contribution in [0.15, 0.2) is 42.5 Å². The molecule has 0 bridgehead atoms. The first kappa shape index (κ1) is 21.1. The summed E-state index contributed by atoms with van der Waals surface area (Å²) < 4.78 is 10.6. The van der Waals surface area contributed by atoms with Gasteiger partial charge in [0.1, 0.15) is 17.2 Å². The fraction of sp³-hybridized carbons (Fsp3) is 0.263. The van der Waals surface area contributed by atoms with E-state index in [1.165, 1.54) is 19.2 Å². The molecule has 0 aromatic heterocycles. The molecule has 0 saturated heterocycles. The summed E-state index contributed by atoms with van der Waals surface area (Å²) in [5.41, 5.74) is 0.289. The first-order valence-electron chi connectivity index (χ1n) is 8.62. The predicted octanol–water partition coefficient (Wildman–Crippen LogP) is 3.91. The molecule has 0 radical (unpaired) electrons. The first-order valence-corrected chi connectivity index (χ1v) is 9.03. The number of benzene rings is 2. The van der Waals surface area contributed by atoms with Crippen molar-refractivity contribution in [1.29, 1.82) is 0 Å². The average molecular weight is 403 g/mol. The van der Waals surface area contributed by atoms with Gasteiger partial charge < -0.3 is 14.8 Å². The zero-order valence-electron chi connectivity index (χ0n) is 15.6. The van der Waals surface area contributed by atoms with E-state index in [1.807, 2.05) is 0 Å². The number of ether oxygens (including phenoxy) is 2. The van der Waals surface area contributed by atoms with Crippen molar-refractivity contribution in [2.45, 2.75) is 19.8 Å². The van der Waals surface area contributed by atoms with Crippen LogP contribution in [0.3, 0.4) is 0 Å². The number of carbonyl (C=O) groups is 1. The summed E-state index contributed by atoms with van der Waals surface area (Å²) in [6.07, 6.45) is 1.93. The second kappa shape index (κ2) is 10.2. The van der Waals surface area contributed by atoms with Gasteiger partial charge in [0.15, 0.2) is 5.11 Å². The molecule has 0 saturated carbocycles. The number of thiocarbonyl (C=S) groups is 1. The van der Waals surface area contributed by atoms with E-state index in [9.17, 15) is 14.9 Å². The highest BCUT2D eigenvalue weighted by atomic mass is 32.1. The van der Waals surface area contributed by atoms with Crippen LogP contribution in [0.1, 0.15) is 30.1 Å². The summed E-state index contributed by atoms with van der Waals surface area (Å²) >= 11 is 5.11. The van der Waals surface area contributed by atoms with Crippen LogP contribution in [-0.2, 0) is 0 Å². The second-order valence-corrected chi connectivity index (χ2v) is 6.19. The molecule has 28 heavy (non-hydrogen) atoms. The van der Waals surface area contributed by atoms with Crippen LogP contribution in [0.4, 0.5) is 11.4 Å². The molecule has 9 heteroatoms. The number of nitrogens with one attached hydrogen (secondary N) is 2. The summed E-state index contributed by atoms with van der Waals surface area (Å²) in [4.78, 5) is 23.1. The van der Waals surface area contributed by atoms with Gasteiger partial charge in [-0.25, -0.2) is 0 Å². The topological polar surface area (TPSA) is 103 Å². The highest BCUT2D eigenvalue weighted by Gasteiger charge is 2.17. The fourth-order valence-electron chi connectivity index (χ4n) is 2.29. The third kappa shape index (κ3) is 5.92. The summed E-state index contributed by atoms with van der Waals surface area (Å²) in [5, 5.41) is 16.3. The van der Waals surface area contributed by atoms with Crippen LogP contribution in [0, 0.1) is 10.1 Å². The highest BCUT2D eigenvalue weighted by molar-refractivity contribution is 7.80. The largest absolute Gasteiger partial charge is 0.496 e. The van der Waals surface area contributed by atoms with Gasteiger partial charge in [0.2, 0.25) is 0 Å². The van der Waals surface area contributed by atoms with Crippen molar-refractivity contribution < 1.29 is 19.2 Å². The third-order valence-corrected chi connectivity index (χ3v) is 3.94. The molecule has 148 valence electrons. The Bertz CT molecular complexity index is 872. The van der Waals surface area contributed by atoms with E-state index in [4.69, 9.17) is 21.7 Å². The lowest BCUT2D eigenvalue weighted by Crippen LogP contribution is -2.34. The predicted molar refractivity (Wildman–Crippen MR) is 110 cm³/mol. The van der Waals surface area contributed by atoms with E-state index in [1.54, 1.807) is 30.3 Å². The van der Waals surface area contributed by atoms with E-state index >= 15 is 0 Å². The van der Waals surface area contributed by atoms with Crippen LogP contribution >= 0.6 is 12.2 Å². The molecule has 0 fully saturated rings. The van der Waals surface area contributed by atoms with Crippen LogP contribution in [0.2, 0.25) is 0 Å². The molecule has 2 aromatic rings. The molecular weight excluding hydrogens is 382 g/mol. The van der Waals surface area contributed by atoms with Gasteiger partial charge in [0, 0.05) is 5.56 Å². The monoisotopic (exact) mass is 403 g/mol. The zero-order chi connectivity index (χ0) is 20.5. The Hall–Kier alpha value is -3.20. The van der Waals surface area contributed by atoms with Gasteiger partial charge in [0.25, 0.3) is 11.6 Å². The molecule has 2 N–H and O–H groups in total. The van der Waals surface area contributed by atoms with Gasteiger partial charge in [-0.05, 0) is 49.0 Å². The first-order chi connectivity index (χ1) is 13.4. The van der Waals surface area contributed by atoms with Gasteiger partial charge in [-0.15, -0.1) is 0 Å². The van der Waals surface area contributed by atoms with E-state index in [0.717, 1.165) is 12.8 Å². The molecular formula is C19H21N3O5S. The SMILES string of the molecule is CCCCOc1cccc(C(=O)NC(=S)Nc2ccc(OC)cc2[N+](=O)[O-])c1. The van der Waals surface area contributed by atoms with Gasteiger partial charge in [-0.1, -0.05) is 19.4 Å². The number of carbonyl (C=O) groups excluding carboxylic acids is 1. The summed E-state index contributed by atoms with van der Waals surface area (Å²) in [6, 6.07) is 11.0. The minimum absolute atomic E-state index is 0.0597. The summed E-state index contributed by atoms with van der Waals surface area (Å²) in [7, 11) is 1.41. The van der Waals surface area contributed by atoms with Crippen LogP contribution in [0.5, 0.6) is 11.5 Å². The third-order valence-electron chi connectivity index (χ3n) is 3.74. The number of amides is 1. The Balaban J connectivity index is 2.04. The summed E-state index contributed by atoms with van der Waals surface area (Å²) in [6.45, 7) is 2.64. The van der Waals surface area contributed by atoms with E-state index in [2.05, 4.69) is 17.6 Å². The van der Waals surface area contributed by atoms with Crippen LogP contribution in [-0.4, -0.2) is 29.7 Å². The molecule has 8 nitrogen and oxygen atoms in total. The smallest absolute Gasteiger partial charge is 0.296 e. The standard InChI is InChI=1S/C19H21N3O5S/c1-3-4-10-27-15-7-5-6-13(11-15)18(23)21-19(28)20-16-9-8-14(26-2)12-17(16)22(24)25/h5-9,11-12H,3-4,10H2,1-2H3,(H2,20,21,23,28). The second-order valence-electron chi connectivity index (χ2n) is 5.78. The molecule has 0 spiro atoms. The Kier molecular flexibility index (Phi) is 7.70. The van der Waals surface area contributed by atoms with Gasteiger partial charge in [-0.3, -0.25) is 20.2 Å². The maximum Gasteiger partial charge on any atom is 0.296 e. The number of anilines is 1. The van der Waals surface area contributed by atoms with E-state index < -0.39 is 10.8 Å². The van der Waals surface area contributed by atoms with Crippen molar-refractivity contribution in [1.82, 2.24) is 5.32 Å². The number of nitro benzene ring substituents is 1. The number of methoxy groups -OCH3 is 1. The van der Waals surface area contributed by atoms with Crippen LogP contribution < -0.4 is 20.1 Å². The zero-order valence-corrected chi connectivity index (χ0v) is 16.4. The molecule has 0 atom stereocenters. The van der Waals surface area contributed by atoms with Crippen molar-refractivity contribution in [3.8, 4) is 11.5 Å². The number of nitro groups is 1. The van der Waals surface area contributed by atoms with Crippen molar-refractivity contribution >= 4 is 34.6 Å². The highest BCUT2D eigenvalue weighted by Crippen LogP contribution is 2.28. The van der Waals surface area contributed by atoms with E-state index in [-0.39, 0.29) is 16.5 Å². The number of rotatable bonds is 8. The molecule has 0 unspecified atom stereocenters. The Morgan fingerprint density at radius 3 is 2.68 bits per heavy atom. The summed E-state index contributed by atoms with van der Waals surface area (Å²) in [5.74, 6) is 0.479. The molecule has 1 amide bonds. The normalized spacial score (nSPS) is 10.1. The van der Waals surface area contributed by atoms with Crippen LogP contribution in [0.25, 0.3) is 0 Å². The molecule has 0 aliphatic heterocycles. The Morgan fingerprint density at radius 1 is 1.21 bits per heavy atom. The lowest BCUT2D eigenvalue weighted by Gasteiger charge is -2.11. The Labute approximate surface area is 168 Å². The van der Waals surface area contributed by atoms with Gasteiger partial charge >= 0.3 is 0 Å². The number of nitrogens with zero attached hydrogens (tertiary/aromatic N) is 1. The van der Waals surface area contributed by atoms with E-state index in [0.29, 0.717) is 23.7 Å². The molecule has 2 rings (SSSR count). The van der Waals surface area contributed by atoms with Gasteiger partial charge in [0.05, 0.1) is 24.7 Å². The van der Waals surface area contributed by atoms with Crippen molar-refractivity contribution in [2.75, 3.05) is 19.0 Å². The maximum absolute atomic E-state index is 12.4. The molecule has 0 aliphatic rings. The van der Waals surface area contributed by atoms with Crippen molar-refractivity contribution in [2.24, 2.45) is 0 Å². The minimum Gasteiger partial charge on any atom is -0.496 e. The number of hydrogen-bond donors (Lipinski definition) is 2. The fourth-order valence-corrected chi connectivity index (χ4v) is 2.49. The van der Waals surface area contributed by atoms with Crippen molar-refractivity contribution in [3.05, 3.63) is 58.1 Å². The van der Waals surface area contributed by atoms with Gasteiger partial charge in [-0.2, -0.15) is 0 Å². The lowest BCUT2D eigenvalue weighted by molar-refractivity contribution is -0.384. The molecule has 2 aromatic carbocycles. The molecule has 0 heterocycles. The number of hydrogen-bond acceptors (Lipinski definition) is 6. The lowest BCUT2D eigenvalue weighted by atomic mass is 10.2. The molecule has 0 aliphatic carbocycles. The maximum atomic E-state index is 12.4. The number of unbranched alkanes of at least 4 members (excludes halogenated alkanes) is 1. The average Bonchev–Trinajstić information content (AvgIpc) is 2.68. The Morgan fingerprint density at radius 2 is 2.00 bits per heavy atom. The quantitative estimate of drug-likeness (QED) is 0.298. The van der Waals surface area contributed by atoms with Crippen molar-refractivity contribution in [3.63, 3.8) is 0 Å². The minimum atomic E-state index is -0.563.